The minimum Gasteiger partial charge on any atom is -0.314 e. The maximum Gasteiger partial charge on any atom is 0.0207 e. The molecule has 0 heterocycles. The minimum absolute atomic E-state index is 0.616. The van der Waals surface area contributed by atoms with Crippen LogP contribution in [0.25, 0.3) is 0 Å². The van der Waals surface area contributed by atoms with Crippen LogP contribution in [0.2, 0.25) is 0 Å². The summed E-state index contributed by atoms with van der Waals surface area (Å²) in [7, 11) is 0. The van der Waals surface area contributed by atoms with Gasteiger partial charge in [-0.05, 0) is 31.0 Å². The zero-order valence-corrected chi connectivity index (χ0v) is 14.7. The summed E-state index contributed by atoms with van der Waals surface area (Å²) < 4.78 is 1.24. The lowest BCUT2D eigenvalue weighted by Gasteiger charge is -2.18. The van der Waals surface area contributed by atoms with Crippen molar-refractivity contribution in [2.75, 3.05) is 6.54 Å². The molecule has 2 heteroatoms. The second kappa shape index (κ2) is 11.3. The van der Waals surface area contributed by atoms with E-state index in [1.165, 1.54) is 55.0 Å². The van der Waals surface area contributed by atoms with E-state index in [0.717, 1.165) is 13.0 Å². The van der Waals surface area contributed by atoms with E-state index in [1.807, 2.05) is 0 Å². The first-order chi connectivity index (χ1) is 9.77. The van der Waals surface area contributed by atoms with E-state index >= 15 is 0 Å². The molecule has 0 aliphatic heterocycles. The van der Waals surface area contributed by atoms with Crippen molar-refractivity contribution in [3.8, 4) is 0 Å². The van der Waals surface area contributed by atoms with Gasteiger partial charge in [0.25, 0.3) is 0 Å². The lowest BCUT2D eigenvalue weighted by Crippen LogP contribution is -2.31. The molecule has 0 aliphatic rings. The molecule has 0 saturated heterocycles. The topological polar surface area (TPSA) is 12.0 Å². The summed E-state index contributed by atoms with van der Waals surface area (Å²) in [6, 6.07) is 9.21. The molecule has 20 heavy (non-hydrogen) atoms. The van der Waals surface area contributed by atoms with Gasteiger partial charge < -0.3 is 5.32 Å². The van der Waals surface area contributed by atoms with Gasteiger partial charge in [-0.25, -0.2) is 0 Å². The molecule has 0 spiro atoms. The first-order valence-electron chi connectivity index (χ1n) is 8.24. The van der Waals surface area contributed by atoms with Crippen LogP contribution in [0.3, 0.4) is 0 Å². The molecule has 0 aromatic heterocycles. The first-order valence-corrected chi connectivity index (χ1v) is 9.04. The van der Waals surface area contributed by atoms with Crippen LogP contribution in [0.15, 0.2) is 28.7 Å². The van der Waals surface area contributed by atoms with E-state index in [9.17, 15) is 0 Å². The van der Waals surface area contributed by atoms with E-state index in [1.54, 1.807) is 0 Å². The maximum absolute atomic E-state index is 3.66. The van der Waals surface area contributed by atoms with Crippen LogP contribution in [0.5, 0.6) is 0 Å². The molecule has 0 bridgehead atoms. The van der Waals surface area contributed by atoms with Crippen LogP contribution in [0.4, 0.5) is 0 Å². The number of rotatable bonds is 11. The molecule has 1 aromatic carbocycles. The number of benzene rings is 1. The SMILES string of the molecule is CCCCCCCCC(Cc1ccccc1Br)NCC. The molecular formula is C18H30BrN. The van der Waals surface area contributed by atoms with Gasteiger partial charge >= 0.3 is 0 Å². The van der Waals surface area contributed by atoms with Crippen LogP contribution >= 0.6 is 15.9 Å². The average molecular weight is 340 g/mol. The van der Waals surface area contributed by atoms with Gasteiger partial charge in [0, 0.05) is 10.5 Å². The van der Waals surface area contributed by atoms with E-state index < -0.39 is 0 Å². The van der Waals surface area contributed by atoms with Crippen LogP contribution in [0.1, 0.15) is 64.4 Å². The summed E-state index contributed by atoms with van der Waals surface area (Å²) >= 11 is 3.66. The summed E-state index contributed by atoms with van der Waals surface area (Å²) in [5.74, 6) is 0. The Balaban J connectivity index is 2.31. The average Bonchev–Trinajstić information content (AvgIpc) is 2.45. The highest BCUT2D eigenvalue weighted by atomic mass is 79.9. The van der Waals surface area contributed by atoms with Crippen molar-refractivity contribution in [2.45, 2.75) is 71.3 Å². The Labute approximate surface area is 133 Å². The Bertz CT molecular complexity index is 351. The molecule has 1 unspecified atom stereocenters. The summed E-state index contributed by atoms with van der Waals surface area (Å²) in [4.78, 5) is 0. The Hall–Kier alpha value is -0.340. The fourth-order valence-electron chi connectivity index (χ4n) is 2.67. The number of unbranched alkanes of at least 4 members (excludes halogenated alkanes) is 5. The maximum atomic E-state index is 3.66. The molecule has 1 atom stereocenters. The lowest BCUT2D eigenvalue weighted by atomic mass is 9.99. The van der Waals surface area contributed by atoms with Crippen molar-refractivity contribution in [1.82, 2.24) is 5.32 Å². The summed E-state index contributed by atoms with van der Waals surface area (Å²) in [5, 5.41) is 3.64. The molecule has 1 aromatic rings. The van der Waals surface area contributed by atoms with Gasteiger partial charge in [-0.2, -0.15) is 0 Å². The number of likely N-dealkylation sites (N-methyl/N-ethyl adjacent to an activating group) is 1. The lowest BCUT2D eigenvalue weighted by molar-refractivity contribution is 0.459. The second-order valence-corrected chi connectivity index (χ2v) is 6.46. The van der Waals surface area contributed by atoms with Crippen molar-refractivity contribution in [3.05, 3.63) is 34.3 Å². The van der Waals surface area contributed by atoms with E-state index in [-0.39, 0.29) is 0 Å². The number of hydrogen-bond donors (Lipinski definition) is 1. The molecule has 0 radical (unpaired) electrons. The van der Waals surface area contributed by atoms with Crippen LogP contribution in [-0.2, 0) is 6.42 Å². The molecule has 0 amide bonds. The molecule has 0 aliphatic carbocycles. The zero-order valence-electron chi connectivity index (χ0n) is 13.1. The quantitative estimate of drug-likeness (QED) is 0.508. The van der Waals surface area contributed by atoms with Gasteiger partial charge in [0.2, 0.25) is 0 Å². The van der Waals surface area contributed by atoms with Gasteiger partial charge in [-0.3, -0.25) is 0 Å². The Morgan fingerprint density at radius 2 is 1.70 bits per heavy atom. The van der Waals surface area contributed by atoms with Gasteiger partial charge in [-0.15, -0.1) is 0 Å². The first kappa shape index (κ1) is 17.7. The highest BCUT2D eigenvalue weighted by Gasteiger charge is 2.09. The highest BCUT2D eigenvalue weighted by molar-refractivity contribution is 9.10. The van der Waals surface area contributed by atoms with Crippen molar-refractivity contribution >= 4 is 15.9 Å². The Morgan fingerprint density at radius 1 is 1.00 bits per heavy atom. The van der Waals surface area contributed by atoms with E-state index in [0.29, 0.717) is 6.04 Å². The third-order valence-corrected chi connectivity index (χ3v) is 4.60. The van der Waals surface area contributed by atoms with Crippen LogP contribution in [-0.4, -0.2) is 12.6 Å². The Morgan fingerprint density at radius 3 is 2.40 bits per heavy atom. The standard InChI is InChI=1S/C18H30BrN/c1-3-5-6-7-8-9-13-17(20-4-2)15-16-12-10-11-14-18(16)19/h10-12,14,17,20H,3-9,13,15H2,1-2H3. The van der Waals surface area contributed by atoms with Gasteiger partial charge in [0.15, 0.2) is 0 Å². The Kier molecular flexibility index (Phi) is 10.0. The fourth-order valence-corrected chi connectivity index (χ4v) is 3.11. The van der Waals surface area contributed by atoms with Crippen LogP contribution in [0, 0.1) is 0 Å². The van der Waals surface area contributed by atoms with Crippen molar-refractivity contribution in [3.63, 3.8) is 0 Å². The predicted octanol–water partition coefficient (Wildman–Crippen LogP) is 5.72. The third-order valence-electron chi connectivity index (χ3n) is 3.82. The number of nitrogens with one attached hydrogen (secondary N) is 1. The molecule has 1 nitrogen and oxygen atoms in total. The van der Waals surface area contributed by atoms with Gasteiger partial charge in [0.1, 0.15) is 0 Å². The summed E-state index contributed by atoms with van der Waals surface area (Å²) in [6.45, 7) is 5.54. The molecule has 0 fully saturated rings. The van der Waals surface area contributed by atoms with Crippen LogP contribution < -0.4 is 5.32 Å². The second-order valence-electron chi connectivity index (χ2n) is 5.61. The van der Waals surface area contributed by atoms with Crippen molar-refractivity contribution < 1.29 is 0 Å². The summed E-state index contributed by atoms with van der Waals surface area (Å²) in [6.07, 6.45) is 10.7. The molecule has 1 rings (SSSR count). The van der Waals surface area contributed by atoms with E-state index in [4.69, 9.17) is 0 Å². The number of hydrogen-bond acceptors (Lipinski definition) is 1. The molecule has 114 valence electrons. The van der Waals surface area contributed by atoms with E-state index in [2.05, 4.69) is 59.4 Å². The normalized spacial score (nSPS) is 12.6. The fraction of sp³-hybridized carbons (Fsp3) is 0.667. The van der Waals surface area contributed by atoms with Crippen molar-refractivity contribution in [2.24, 2.45) is 0 Å². The zero-order chi connectivity index (χ0) is 14.6. The predicted molar refractivity (Wildman–Crippen MR) is 93.3 cm³/mol. The smallest absolute Gasteiger partial charge is 0.0207 e. The van der Waals surface area contributed by atoms with Gasteiger partial charge in [0.05, 0.1) is 0 Å². The molecular weight excluding hydrogens is 310 g/mol. The largest absolute Gasteiger partial charge is 0.314 e. The molecule has 0 saturated carbocycles. The summed E-state index contributed by atoms with van der Waals surface area (Å²) in [5.41, 5.74) is 1.42. The minimum atomic E-state index is 0.616. The third kappa shape index (κ3) is 7.44. The van der Waals surface area contributed by atoms with Gasteiger partial charge in [-0.1, -0.05) is 86.5 Å². The molecule has 1 N–H and O–H groups in total. The monoisotopic (exact) mass is 339 g/mol. The number of halogens is 1. The highest BCUT2D eigenvalue weighted by Crippen LogP contribution is 2.19. The van der Waals surface area contributed by atoms with Crippen molar-refractivity contribution in [1.29, 1.82) is 0 Å².